The van der Waals surface area contributed by atoms with Crippen molar-refractivity contribution >= 4 is 35.0 Å². The Labute approximate surface area is 163 Å². The quantitative estimate of drug-likeness (QED) is 0.664. The second-order valence-corrected chi connectivity index (χ2v) is 7.06. The van der Waals surface area contributed by atoms with Gasteiger partial charge in [-0.05, 0) is 36.8 Å². The Kier molecular flexibility index (Phi) is 7.55. The van der Waals surface area contributed by atoms with Crippen LogP contribution in [0, 0.1) is 0 Å². The molecule has 6 nitrogen and oxygen atoms in total. The SMILES string of the molecule is CCC(Sc1cccc(NC(C)=O)c1)C(=O)Nc1ccc(OC)cc1OC. The Morgan fingerprint density at radius 1 is 1.07 bits per heavy atom. The second-order valence-electron chi connectivity index (χ2n) is 5.78. The molecule has 2 amide bonds. The summed E-state index contributed by atoms with van der Waals surface area (Å²) in [6.45, 7) is 3.42. The Hall–Kier alpha value is -2.67. The minimum atomic E-state index is -0.288. The van der Waals surface area contributed by atoms with E-state index < -0.39 is 0 Å². The van der Waals surface area contributed by atoms with E-state index in [0.29, 0.717) is 29.3 Å². The first-order chi connectivity index (χ1) is 13.0. The number of nitrogens with one attached hydrogen (secondary N) is 2. The van der Waals surface area contributed by atoms with Crippen LogP contribution in [0.2, 0.25) is 0 Å². The first kappa shape index (κ1) is 20.6. The molecule has 0 aromatic heterocycles. The molecule has 2 N–H and O–H groups in total. The van der Waals surface area contributed by atoms with Gasteiger partial charge in [-0.3, -0.25) is 9.59 Å². The van der Waals surface area contributed by atoms with Crippen LogP contribution in [-0.2, 0) is 9.59 Å². The first-order valence-electron chi connectivity index (χ1n) is 8.54. The summed E-state index contributed by atoms with van der Waals surface area (Å²) in [6.07, 6.45) is 0.652. The van der Waals surface area contributed by atoms with Gasteiger partial charge in [-0.25, -0.2) is 0 Å². The molecule has 0 radical (unpaired) electrons. The number of hydrogen-bond donors (Lipinski definition) is 2. The van der Waals surface area contributed by atoms with Crippen molar-refractivity contribution in [3.8, 4) is 11.5 Å². The van der Waals surface area contributed by atoms with Crippen LogP contribution >= 0.6 is 11.8 Å². The molecule has 0 spiro atoms. The topological polar surface area (TPSA) is 76.7 Å². The fraction of sp³-hybridized carbons (Fsp3) is 0.300. The second kappa shape index (κ2) is 9.87. The van der Waals surface area contributed by atoms with Crippen LogP contribution in [0.5, 0.6) is 11.5 Å². The van der Waals surface area contributed by atoms with Gasteiger partial charge in [-0.2, -0.15) is 0 Å². The van der Waals surface area contributed by atoms with Gasteiger partial charge in [0.25, 0.3) is 0 Å². The van der Waals surface area contributed by atoms with Crippen LogP contribution in [0.25, 0.3) is 0 Å². The van der Waals surface area contributed by atoms with E-state index in [0.717, 1.165) is 4.90 Å². The number of amides is 2. The minimum absolute atomic E-state index is 0.115. The zero-order valence-corrected chi connectivity index (χ0v) is 16.7. The summed E-state index contributed by atoms with van der Waals surface area (Å²) in [5.41, 5.74) is 1.30. The van der Waals surface area contributed by atoms with Crippen molar-refractivity contribution in [2.45, 2.75) is 30.4 Å². The summed E-state index contributed by atoms with van der Waals surface area (Å²) in [7, 11) is 3.12. The number of carbonyl (C=O) groups is 2. The molecule has 0 bridgehead atoms. The molecular weight excluding hydrogens is 364 g/mol. The highest BCUT2D eigenvalue weighted by Crippen LogP contribution is 2.32. The van der Waals surface area contributed by atoms with E-state index in [1.54, 1.807) is 32.4 Å². The van der Waals surface area contributed by atoms with Crippen molar-refractivity contribution in [1.29, 1.82) is 0 Å². The van der Waals surface area contributed by atoms with Gasteiger partial charge in [0, 0.05) is 23.6 Å². The fourth-order valence-corrected chi connectivity index (χ4v) is 3.47. The predicted molar refractivity (Wildman–Crippen MR) is 109 cm³/mol. The Balaban J connectivity index is 2.11. The summed E-state index contributed by atoms with van der Waals surface area (Å²) in [4.78, 5) is 24.9. The molecule has 0 aliphatic heterocycles. The van der Waals surface area contributed by atoms with Crippen molar-refractivity contribution in [2.24, 2.45) is 0 Å². The molecule has 0 fully saturated rings. The number of benzene rings is 2. The van der Waals surface area contributed by atoms with Gasteiger partial charge < -0.3 is 20.1 Å². The molecular formula is C20H24N2O4S. The van der Waals surface area contributed by atoms with Crippen LogP contribution in [0.4, 0.5) is 11.4 Å². The third kappa shape index (κ3) is 5.92. The fourth-order valence-electron chi connectivity index (χ4n) is 2.45. The highest BCUT2D eigenvalue weighted by molar-refractivity contribution is 8.00. The van der Waals surface area contributed by atoms with E-state index in [-0.39, 0.29) is 17.1 Å². The zero-order chi connectivity index (χ0) is 19.8. The van der Waals surface area contributed by atoms with Crippen LogP contribution in [0.15, 0.2) is 47.4 Å². The van der Waals surface area contributed by atoms with E-state index in [2.05, 4.69) is 10.6 Å². The monoisotopic (exact) mass is 388 g/mol. The lowest BCUT2D eigenvalue weighted by molar-refractivity contribution is -0.116. The number of hydrogen-bond acceptors (Lipinski definition) is 5. The molecule has 1 unspecified atom stereocenters. The summed E-state index contributed by atoms with van der Waals surface area (Å²) in [6, 6.07) is 12.7. The molecule has 7 heteroatoms. The van der Waals surface area contributed by atoms with E-state index >= 15 is 0 Å². The largest absolute Gasteiger partial charge is 0.497 e. The number of thioether (sulfide) groups is 1. The van der Waals surface area contributed by atoms with Crippen LogP contribution in [0.1, 0.15) is 20.3 Å². The Bertz CT molecular complexity index is 810. The van der Waals surface area contributed by atoms with Crippen LogP contribution in [0.3, 0.4) is 0 Å². The number of methoxy groups -OCH3 is 2. The van der Waals surface area contributed by atoms with E-state index in [1.165, 1.54) is 18.7 Å². The average molecular weight is 388 g/mol. The minimum Gasteiger partial charge on any atom is -0.497 e. The van der Waals surface area contributed by atoms with E-state index in [4.69, 9.17) is 9.47 Å². The molecule has 27 heavy (non-hydrogen) atoms. The molecule has 144 valence electrons. The van der Waals surface area contributed by atoms with Crippen molar-refractivity contribution in [3.05, 3.63) is 42.5 Å². The third-order valence-electron chi connectivity index (χ3n) is 3.76. The maximum absolute atomic E-state index is 12.7. The standard InChI is InChI=1S/C20H24N2O4S/c1-5-19(27-16-8-6-7-14(11-16)21-13(2)23)20(24)22-17-10-9-15(25-3)12-18(17)26-4/h6-12,19H,5H2,1-4H3,(H,21,23)(H,22,24). The molecule has 0 saturated heterocycles. The van der Waals surface area contributed by atoms with Crippen molar-refractivity contribution in [1.82, 2.24) is 0 Å². The van der Waals surface area contributed by atoms with Crippen molar-refractivity contribution in [3.63, 3.8) is 0 Å². The zero-order valence-electron chi connectivity index (χ0n) is 15.9. The van der Waals surface area contributed by atoms with Crippen molar-refractivity contribution in [2.75, 3.05) is 24.9 Å². The van der Waals surface area contributed by atoms with Crippen molar-refractivity contribution < 1.29 is 19.1 Å². The lowest BCUT2D eigenvalue weighted by Crippen LogP contribution is -2.24. The normalized spacial score (nSPS) is 11.4. The first-order valence-corrected chi connectivity index (χ1v) is 9.42. The average Bonchev–Trinajstić information content (AvgIpc) is 2.66. The number of anilines is 2. The van der Waals surface area contributed by atoms with E-state index in [9.17, 15) is 9.59 Å². The van der Waals surface area contributed by atoms with Gasteiger partial charge in [0.15, 0.2) is 0 Å². The van der Waals surface area contributed by atoms with Crippen LogP contribution in [-0.4, -0.2) is 31.3 Å². The highest BCUT2D eigenvalue weighted by Gasteiger charge is 2.20. The van der Waals surface area contributed by atoms with Gasteiger partial charge in [-0.15, -0.1) is 11.8 Å². The Morgan fingerprint density at radius 2 is 1.85 bits per heavy atom. The molecule has 0 heterocycles. The predicted octanol–water partition coefficient (Wildman–Crippen LogP) is 4.17. The van der Waals surface area contributed by atoms with Gasteiger partial charge in [-0.1, -0.05) is 13.0 Å². The highest BCUT2D eigenvalue weighted by atomic mass is 32.2. The Morgan fingerprint density at radius 3 is 2.48 bits per heavy atom. The number of ether oxygens (including phenoxy) is 2. The molecule has 0 aliphatic carbocycles. The molecule has 2 aromatic carbocycles. The van der Waals surface area contributed by atoms with E-state index in [1.807, 2.05) is 31.2 Å². The summed E-state index contributed by atoms with van der Waals surface area (Å²) in [5, 5.41) is 5.38. The van der Waals surface area contributed by atoms with Gasteiger partial charge >= 0.3 is 0 Å². The number of carbonyl (C=O) groups excluding carboxylic acids is 2. The lowest BCUT2D eigenvalue weighted by Gasteiger charge is -2.17. The van der Waals surface area contributed by atoms with Gasteiger partial charge in [0.2, 0.25) is 11.8 Å². The summed E-state index contributed by atoms with van der Waals surface area (Å²) < 4.78 is 10.5. The summed E-state index contributed by atoms with van der Waals surface area (Å²) >= 11 is 1.45. The summed E-state index contributed by atoms with van der Waals surface area (Å²) in [5.74, 6) is 0.945. The maximum atomic E-state index is 12.7. The lowest BCUT2D eigenvalue weighted by atomic mass is 10.2. The maximum Gasteiger partial charge on any atom is 0.237 e. The van der Waals surface area contributed by atoms with Gasteiger partial charge in [0.1, 0.15) is 11.5 Å². The molecule has 2 aromatic rings. The third-order valence-corrected chi connectivity index (χ3v) is 5.12. The smallest absolute Gasteiger partial charge is 0.237 e. The molecule has 2 rings (SSSR count). The van der Waals surface area contributed by atoms with Gasteiger partial charge in [0.05, 0.1) is 25.2 Å². The number of rotatable bonds is 8. The van der Waals surface area contributed by atoms with Crippen LogP contribution < -0.4 is 20.1 Å². The molecule has 0 aliphatic rings. The molecule has 1 atom stereocenters. The molecule has 0 saturated carbocycles.